The number of hydrogen-bond donors (Lipinski definition) is 1. The quantitative estimate of drug-likeness (QED) is 0.205. The van der Waals surface area contributed by atoms with Gasteiger partial charge in [0.25, 0.3) is 11.1 Å². The molecule has 10 heteroatoms. The standard InChI is InChI=1S/C35H33N3O6S/c1-2-43-31-20-24(12-14-30(31)44-23-25-11-13-26-7-3-4-8-27(26)19-25)21-32-34(40)38(35(41)45-32)22-33(39)36-28-9-5-6-10-29(28)37-15-17-42-18-16-37/h3-14,19-21H,2,15-18,22-23H2,1H3,(H,36,39)/b32-21+. The number of fused-ring (bicyclic) bond motifs is 1. The van der Waals surface area contributed by atoms with Gasteiger partial charge in [0.1, 0.15) is 13.2 Å². The van der Waals surface area contributed by atoms with Crippen molar-refractivity contribution in [1.29, 1.82) is 0 Å². The number of benzene rings is 4. The number of hydrogen-bond acceptors (Lipinski definition) is 8. The smallest absolute Gasteiger partial charge is 0.294 e. The molecule has 2 aliphatic heterocycles. The lowest BCUT2D eigenvalue weighted by atomic mass is 10.1. The lowest BCUT2D eigenvalue weighted by molar-refractivity contribution is -0.127. The fourth-order valence-corrected chi connectivity index (χ4v) is 6.11. The predicted molar refractivity (Wildman–Crippen MR) is 177 cm³/mol. The lowest BCUT2D eigenvalue weighted by Gasteiger charge is -2.30. The highest BCUT2D eigenvalue weighted by Gasteiger charge is 2.36. The first-order chi connectivity index (χ1) is 22.0. The summed E-state index contributed by atoms with van der Waals surface area (Å²) in [6.07, 6.45) is 1.63. The van der Waals surface area contributed by atoms with Crippen LogP contribution in [0.15, 0.2) is 89.8 Å². The van der Waals surface area contributed by atoms with Gasteiger partial charge >= 0.3 is 0 Å². The van der Waals surface area contributed by atoms with Crippen LogP contribution >= 0.6 is 11.8 Å². The zero-order valence-corrected chi connectivity index (χ0v) is 25.7. The Balaban J connectivity index is 1.12. The maximum absolute atomic E-state index is 13.2. The summed E-state index contributed by atoms with van der Waals surface area (Å²) in [7, 11) is 0. The molecule has 0 bridgehead atoms. The Bertz CT molecular complexity index is 1770. The summed E-state index contributed by atoms with van der Waals surface area (Å²) in [6, 6.07) is 27.2. The van der Waals surface area contributed by atoms with Crippen LogP contribution in [-0.2, 0) is 20.9 Å². The van der Waals surface area contributed by atoms with Crippen molar-refractivity contribution >= 4 is 57.0 Å². The molecule has 230 valence electrons. The Morgan fingerprint density at radius 1 is 0.911 bits per heavy atom. The number of morpholine rings is 1. The third-order valence-electron chi connectivity index (χ3n) is 7.48. The normalized spacial score (nSPS) is 16.0. The Hall–Kier alpha value is -4.80. The lowest BCUT2D eigenvalue weighted by Crippen LogP contribution is -2.38. The van der Waals surface area contributed by atoms with E-state index in [2.05, 4.69) is 34.5 Å². The molecule has 0 spiro atoms. The van der Waals surface area contributed by atoms with Crippen LogP contribution in [-0.4, -0.2) is 61.4 Å². The van der Waals surface area contributed by atoms with Gasteiger partial charge in [0.15, 0.2) is 11.5 Å². The monoisotopic (exact) mass is 623 g/mol. The molecule has 0 unspecified atom stereocenters. The van der Waals surface area contributed by atoms with E-state index in [0.29, 0.717) is 62.3 Å². The maximum atomic E-state index is 13.2. The molecule has 0 aliphatic carbocycles. The first-order valence-electron chi connectivity index (χ1n) is 14.8. The number of amides is 3. The van der Waals surface area contributed by atoms with Crippen molar-refractivity contribution in [3.8, 4) is 11.5 Å². The summed E-state index contributed by atoms with van der Waals surface area (Å²) in [5, 5.41) is 4.69. The molecule has 0 saturated carbocycles. The SMILES string of the molecule is CCOc1cc(/C=C2/SC(=O)N(CC(=O)Nc3ccccc3N3CCOCC3)C2=O)ccc1OCc1ccc2ccccc2c1. The number of carbonyl (C=O) groups excluding carboxylic acids is 3. The van der Waals surface area contributed by atoms with Crippen molar-refractivity contribution in [2.45, 2.75) is 13.5 Å². The fraction of sp³-hybridized carbons (Fsp3) is 0.229. The van der Waals surface area contributed by atoms with Gasteiger partial charge in [0.2, 0.25) is 5.91 Å². The first-order valence-corrected chi connectivity index (χ1v) is 15.6. The highest BCUT2D eigenvalue weighted by Crippen LogP contribution is 2.35. The minimum absolute atomic E-state index is 0.230. The van der Waals surface area contributed by atoms with E-state index in [-0.39, 0.29) is 11.4 Å². The summed E-state index contributed by atoms with van der Waals surface area (Å²) in [5.41, 5.74) is 3.20. The molecule has 4 aromatic rings. The average molecular weight is 624 g/mol. The van der Waals surface area contributed by atoms with Crippen molar-refractivity contribution < 1.29 is 28.6 Å². The van der Waals surface area contributed by atoms with Gasteiger partial charge in [-0.05, 0) is 77.0 Å². The van der Waals surface area contributed by atoms with E-state index in [4.69, 9.17) is 14.2 Å². The van der Waals surface area contributed by atoms with Gasteiger partial charge in [-0.2, -0.15) is 0 Å². The van der Waals surface area contributed by atoms with E-state index >= 15 is 0 Å². The van der Waals surface area contributed by atoms with Gasteiger partial charge < -0.3 is 24.4 Å². The number of rotatable bonds is 10. The second-order valence-electron chi connectivity index (χ2n) is 10.5. The number of nitrogens with zero attached hydrogens (tertiary/aromatic N) is 2. The molecular formula is C35H33N3O6S. The Morgan fingerprint density at radius 2 is 1.69 bits per heavy atom. The zero-order valence-electron chi connectivity index (χ0n) is 24.9. The molecule has 45 heavy (non-hydrogen) atoms. The van der Waals surface area contributed by atoms with E-state index in [9.17, 15) is 14.4 Å². The zero-order chi connectivity index (χ0) is 31.2. The predicted octanol–water partition coefficient (Wildman–Crippen LogP) is 6.33. The topological polar surface area (TPSA) is 97.4 Å². The summed E-state index contributed by atoms with van der Waals surface area (Å²) in [5.74, 6) is 0.135. The third kappa shape index (κ3) is 7.13. The molecule has 2 fully saturated rings. The summed E-state index contributed by atoms with van der Waals surface area (Å²) in [4.78, 5) is 42.3. The fourth-order valence-electron chi connectivity index (χ4n) is 5.27. The van der Waals surface area contributed by atoms with E-state index in [1.807, 2.05) is 55.5 Å². The van der Waals surface area contributed by atoms with Crippen molar-refractivity contribution in [3.05, 3.63) is 101 Å². The number of nitrogens with one attached hydrogen (secondary N) is 1. The number of anilines is 2. The van der Waals surface area contributed by atoms with E-state index in [1.165, 1.54) is 5.39 Å². The molecule has 0 radical (unpaired) electrons. The van der Waals surface area contributed by atoms with Crippen LogP contribution in [0.1, 0.15) is 18.1 Å². The molecule has 1 N–H and O–H groups in total. The summed E-state index contributed by atoms with van der Waals surface area (Å²) < 4.78 is 17.4. The molecule has 3 amide bonds. The maximum Gasteiger partial charge on any atom is 0.294 e. The molecule has 0 atom stereocenters. The highest BCUT2D eigenvalue weighted by atomic mass is 32.2. The summed E-state index contributed by atoms with van der Waals surface area (Å²) >= 11 is 0.807. The molecule has 2 heterocycles. The third-order valence-corrected chi connectivity index (χ3v) is 8.39. The Kier molecular flexibility index (Phi) is 9.33. The second-order valence-corrected chi connectivity index (χ2v) is 11.5. The molecule has 2 aliphatic rings. The van der Waals surface area contributed by atoms with Gasteiger partial charge in [-0.15, -0.1) is 0 Å². The van der Waals surface area contributed by atoms with E-state index < -0.39 is 17.1 Å². The van der Waals surface area contributed by atoms with Crippen LogP contribution in [0.4, 0.5) is 16.2 Å². The van der Waals surface area contributed by atoms with Gasteiger partial charge in [-0.1, -0.05) is 54.6 Å². The molecule has 0 aromatic heterocycles. The Labute approximate surface area is 265 Å². The molecular weight excluding hydrogens is 590 g/mol. The van der Waals surface area contributed by atoms with Crippen LogP contribution in [0.3, 0.4) is 0 Å². The van der Waals surface area contributed by atoms with Crippen LogP contribution in [0.2, 0.25) is 0 Å². The Morgan fingerprint density at radius 3 is 2.51 bits per heavy atom. The van der Waals surface area contributed by atoms with Crippen molar-refractivity contribution in [3.63, 3.8) is 0 Å². The van der Waals surface area contributed by atoms with Crippen LogP contribution in [0, 0.1) is 0 Å². The number of imide groups is 1. The highest BCUT2D eigenvalue weighted by molar-refractivity contribution is 8.18. The number of ether oxygens (including phenoxy) is 3. The second kappa shape index (κ2) is 13.9. The van der Waals surface area contributed by atoms with Gasteiger partial charge in [-0.3, -0.25) is 19.3 Å². The molecule has 4 aromatic carbocycles. The van der Waals surface area contributed by atoms with Gasteiger partial charge in [-0.25, -0.2) is 0 Å². The number of thioether (sulfide) groups is 1. The van der Waals surface area contributed by atoms with E-state index in [0.717, 1.165) is 33.3 Å². The molecule has 2 saturated heterocycles. The van der Waals surface area contributed by atoms with Gasteiger partial charge in [0.05, 0.1) is 36.1 Å². The largest absolute Gasteiger partial charge is 0.490 e. The van der Waals surface area contributed by atoms with Crippen LogP contribution in [0.5, 0.6) is 11.5 Å². The number of para-hydroxylation sites is 2. The van der Waals surface area contributed by atoms with Crippen molar-refractivity contribution in [2.75, 3.05) is 49.7 Å². The minimum Gasteiger partial charge on any atom is -0.490 e. The summed E-state index contributed by atoms with van der Waals surface area (Å²) in [6.45, 7) is 4.93. The molecule has 9 nitrogen and oxygen atoms in total. The van der Waals surface area contributed by atoms with Gasteiger partial charge in [0, 0.05) is 13.1 Å². The number of carbonyl (C=O) groups is 3. The first kappa shape index (κ1) is 30.2. The van der Waals surface area contributed by atoms with Crippen molar-refractivity contribution in [1.82, 2.24) is 4.90 Å². The van der Waals surface area contributed by atoms with Crippen LogP contribution < -0.4 is 19.7 Å². The average Bonchev–Trinajstić information content (AvgIpc) is 3.32. The van der Waals surface area contributed by atoms with Crippen molar-refractivity contribution in [2.24, 2.45) is 0 Å². The van der Waals surface area contributed by atoms with E-state index in [1.54, 1.807) is 18.2 Å². The minimum atomic E-state index is -0.517. The molecule has 6 rings (SSSR count). The van der Waals surface area contributed by atoms with Crippen LogP contribution in [0.25, 0.3) is 16.8 Å².